The molecule has 0 aliphatic rings. The summed E-state index contributed by atoms with van der Waals surface area (Å²) in [5.41, 5.74) is 0.907. The molecule has 1 rings (SSSR count). The molecule has 3 N–H and O–H groups in total. The second-order valence-electron chi connectivity index (χ2n) is 2.95. The van der Waals surface area contributed by atoms with Crippen LogP contribution >= 0.6 is 12.2 Å². The number of rotatable bonds is 6. The van der Waals surface area contributed by atoms with Gasteiger partial charge in [0.1, 0.15) is 6.26 Å². The van der Waals surface area contributed by atoms with Crippen molar-refractivity contribution in [3.63, 3.8) is 0 Å². The summed E-state index contributed by atoms with van der Waals surface area (Å²) in [6.07, 6.45) is 1.57. The van der Waals surface area contributed by atoms with Crippen LogP contribution in [-0.4, -0.2) is 29.9 Å². The Labute approximate surface area is 94.6 Å². The van der Waals surface area contributed by atoms with E-state index in [9.17, 15) is 0 Å². The maximum absolute atomic E-state index is 5.01. The molecule has 84 valence electrons. The molecule has 0 bridgehead atoms. The molecule has 1 aromatic rings. The lowest BCUT2D eigenvalue weighted by atomic mass is 10.4. The third-order valence-corrected chi connectivity index (χ3v) is 2.01. The monoisotopic (exact) mass is 228 g/mol. The topological polar surface area (TPSA) is 62.1 Å². The number of aromatic nitrogens is 1. The highest BCUT2D eigenvalue weighted by Gasteiger charge is 1.95. The Kier molecular flexibility index (Phi) is 5.72. The van der Waals surface area contributed by atoms with Crippen LogP contribution in [0, 0.1) is 0 Å². The lowest BCUT2D eigenvalue weighted by molar-refractivity contribution is 0.408. The van der Waals surface area contributed by atoms with Crippen LogP contribution in [0.15, 0.2) is 16.9 Å². The molecule has 0 unspecified atom stereocenters. The average molecular weight is 228 g/mol. The number of hydrogen-bond donors (Lipinski definition) is 3. The third kappa shape index (κ3) is 5.34. The van der Waals surface area contributed by atoms with Crippen molar-refractivity contribution in [1.29, 1.82) is 0 Å². The van der Waals surface area contributed by atoms with Crippen molar-refractivity contribution in [2.45, 2.75) is 13.5 Å². The standard InChI is InChI=1S/C9H16N4OS/c1-2-11-9(15)12-5-4-10-7-8-3-6-14-13-8/h3,6,10H,2,4-5,7H2,1H3,(H2,11,12,15). The summed E-state index contributed by atoms with van der Waals surface area (Å²) >= 11 is 5.01. The molecule has 0 spiro atoms. The molecule has 0 amide bonds. The van der Waals surface area contributed by atoms with Crippen LogP contribution in [0.5, 0.6) is 0 Å². The molecule has 0 saturated heterocycles. The highest BCUT2D eigenvalue weighted by molar-refractivity contribution is 7.80. The first kappa shape index (κ1) is 11.9. The van der Waals surface area contributed by atoms with Crippen LogP contribution in [0.4, 0.5) is 0 Å². The smallest absolute Gasteiger partial charge is 0.166 e. The van der Waals surface area contributed by atoms with E-state index >= 15 is 0 Å². The van der Waals surface area contributed by atoms with Crippen molar-refractivity contribution in [1.82, 2.24) is 21.1 Å². The molecule has 15 heavy (non-hydrogen) atoms. The summed E-state index contributed by atoms with van der Waals surface area (Å²) in [5, 5.41) is 13.8. The molecule has 0 aliphatic carbocycles. The summed E-state index contributed by atoms with van der Waals surface area (Å²) in [6.45, 7) is 5.20. The molecule has 0 saturated carbocycles. The van der Waals surface area contributed by atoms with E-state index in [4.69, 9.17) is 16.7 Å². The molecular formula is C9H16N4OS. The van der Waals surface area contributed by atoms with Crippen LogP contribution in [0.25, 0.3) is 0 Å². The van der Waals surface area contributed by atoms with Crippen molar-refractivity contribution in [2.75, 3.05) is 19.6 Å². The van der Waals surface area contributed by atoms with Crippen LogP contribution in [-0.2, 0) is 6.54 Å². The highest BCUT2D eigenvalue weighted by Crippen LogP contribution is 1.91. The van der Waals surface area contributed by atoms with E-state index in [-0.39, 0.29) is 0 Å². The normalized spacial score (nSPS) is 9.93. The van der Waals surface area contributed by atoms with E-state index in [1.54, 1.807) is 6.26 Å². The summed E-state index contributed by atoms with van der Waals surface area (Å²) in [6, 6.07) is 1.84. The molecule has 0 aliphatic heterocycles. The van der Waals surface area contributed by atoms with Gasteiger partial charge < -0.3 is 20.5 Å². The van der Waals surface area contributed by atoms with E-state index in [0.717, 1.165) is 25.3 Å². The van der Waals surface area contributed by atoms with Gasteiger partial charge in [-0.15, -0.1) is 0 Å². The Morgan fingerprint density at radius 1 is 1.47 bits per heavy atom. The molecular weight excluding hydrogens is 212 g/mol. The van der Waals surface area contributed by atoms with E-state index in [1.165, 1.54) is 0 Å². The zero-order valence-corrected chi connectivity index (χ0v) is 9.56. The molecule has 5 nitrogen and oxygen atoms in total. The number of thiocarbonyl (C=S) groups is 1. The van der Waals surface area contributed by atoms with E-state index in [0.29, 0.717) is 11.7 Å². The van der Waals surface area contributed by atoms with Gasteiger partial charge in [0.15, 0.2) is 5.11 Å². The minimum absolute atomic E-state index is 0.695. The summed E-state index contributed by atoms with van der Waals surface area (Å²) < 4.78 is 4.71. The van der Waals surface area contributed by atoms with Gasteiger partial charge in [0.25, 0.3) is 0 Å². The third-order valence-electron chi connectivity index (χ3n) is 1.72. The van der Waals surface area contributed by atoms with Crippen molar-refractivity contribution < 1.29 is 4.52 Å². The predicted molar refractivity (Wildman–Crippen MR) is 62.5 cm³/mol. The molecule has 6 heteroatoms. The lowest BCUT2D eigenvalue weighted by Gasteiger charge is -2.08. The molecule has 1 heterocycles. The van der Waals surface area contributed by atoms with E-state index in [1.807, 2.05) is 13.0 Å². The van der Waals surface area contributed by atoms with Crippen LogP contribution in [0.2, 0.25) is 0 Å². The van der Waals surface area contributed by atoms with Crippen LogP contribution < -0.4 is 16.0 Å². The van der Waals surface area contributed by atoms with Gasteiger partial charge in [0, 0.05) is 32.2 Å². The van der Waals surface area contributed by atoms with Crippen molar-refractivity contribution in [3.05, 3.63) is 18.0 Å². The molecule has 1 aromatic heterocycles. The minimum atomic E-state index is 0.695. The van der Waals surface area contributed by atoms with Crippen LogP contribution in [0.3, 0.4) is 0 Å². The summed E-state index contributed by atoms with van der Waals surface area (Å²) in [7, 11) is 0. The van der Waals surface area contributed by atoms with Crippen LogP contribution in [0.1, 0.15) is 12.6 Å². The van der Waals surface area contributed by atoms with E-state index < -0.39 is 0 Å². The summed E-state index contributed by atoms with van der Waals surface area (Å²) in [5.74, 6) is 0. The SMILES string of the molecule is CCNC(=S)NCCNCc1ccon1. The Bertz CT molecular complexity index is 276. The lowest BCUT2D eigenvalue weighted by Crippen LogP contribution is -2.38. The second kappa shape index (κ2) is 7.19. The fraction of sp³-hybridized carbons (Fsp3) is 0.556. The number of nitrogens with zero attached hydrogens (tertiary/aromatic N) is 1. The first-order valence-electron chi connectivity index (χ1n) is 4.94. The number of nitrogens with one attached hydrogen (secondary N) is 3. The zero-order valence-electron chi connectivity index (χ0n) is 8.75. The van der Waals surface area contributed by atoms with Crippen molar-refractivity contribution >= 4 is 17.3 Å². The highest BCUT2D eigenvalue weighted by atomic mass is 32.1. The van der Waals surface area contributed by atoms with Gasteiger partial charge in [-0.05, 0) is 19.1 Å². The maximum Gasteiger partial charge on any atom is 0.166 e. The largest absolute Gasteiger partial charge is 0.364 e. The maximum atomic E-state index is 5.01. The Morgan fingerprint density at radius 2 is 2.33 bits per heavy atom. The Morgan fingerprint density at radius 3 is 3.00 bits per heavy atom. The van der Waals surface area contributed by atoms with Gasteiger partial charge in [0.05, 0.1) is 5.69 Å². The molecule has 0 fully saturated rings. The fourth-order valence-electron chi connectivity index (χ4n) is 1.03. The second-order valence-corrected chi connectivity index (χ2v) is 3.36. The van der Waals surface area contributed by atoms with Gasteiger partial charge in [-0.25, -0.2) is 0 Å². The predicted octanol–water partition coefficient (Wildman–Crippen LogP) is 0.248. The fourth-order valence-corrected chi connectivity index (χ4v) is 1.28. The number of hydrogen-bond acceptors (Lipinski definition) is 4. The van der Waals surface area contributed by atoms with Gasteiger partial charge >= 0.3 is 0 Å². The quantitative estimate of drug-likeness (QED) is 0.479. The van der Waals surface area contributed by atoms with Crippen molar-refractivity contribution in [2.24, 2.45) is 0 Å². The summed E-state index contributed by atoms with van der Waals surface area (Å²) in [4.78, 5) is 0. The minimum Gasteiger partial charge on any atom is -0.364 e. The van der Waals surface area contributed by atoms with Gasteiger partial charge in [-0.1, -0.05) is 5.16 Å². The van der Waals surface area contributed by atoms with Gasteiger partial charge in [0.2, 0.25) is 0 Å². The Hall–Kier alpha value is -1.14. The van der Waals surface area contributed by atoms with Gasteiger partial charge in [-0.2, -0.15) is 0 Å². The van der Waals surface area contributed by atoms with Gasteiger partial charge in [-0.3, -0.25) is 0 Å². The molecule has 0 atom stereocenters. The van der Waals surface area contributed by atoms with E-state index in [2.05, 4.69) is 21.1 Å². The first-order chi connectivity index (χ1) is 7.33. The molecule has 0 radical (unpaired) electrons. The van der Waals surface area contributed by atoms with Crippen molar-refractivity contribution in [3.8, 4) is 0 Å². The first-order valence-corrected chi connectivity index (χ1v) is 5.35. The molecule has 0 aromatic carbocycles. The average Bonchev–Trinajstić information content (AvgIpc) is 2.70. The zero-order chi connectivity index (χ0) is 10.9. The Balaban J connectivity index is 1.95.